The number of carbonyl (C=O) groups is 3. The van der Waals surface area contributed by atoms with E-state index in [1.54, 1.807) is 0 Å². The fraction of sp³-hybridized carbons (Fsp3) is 0.685. The molecule has 342 valence electrons. The molecule has 0 N–H and O–H groups in total. The van der Waals surface area contributed by atoms with Crippen molar-refractivity contribution in [1.29, 1.82) is 0 Å². The SMILES string of the molecule is CC/C=C\C/C=C\C/C=C\C/C=C\C/C=C\CCCC(=O)OCC(COC(=O)CCCCCCCCCCCCC)OC(=O)CCCCCCCCC/C=C\C/C=C\CC. The van der Waals surface area contributed by atoms with Gasteiger partial charge < -0.3 is 14.2 Å². The van der Waals surface area contributed by atoms with Gasteiger partial charge in [-0.25, -0.2) is 0 Å². The molecule has 0 spiro atoms. The highest BCUT2D eigenvalue weighted by atomic mass is 16.6. The maximum absolute atomic E-state index is 12.8. The number of carbonyl (C=O) groups excluding carboxylic acids is 3. The molecule has 0 aliphatic heterocycles. The first-order chi connectivity index (χ1) is 29.5. The van der Waals surface area contributed by atoms with Gasteiger partial charge in [-0.05, 0) is 83.5 Å². The van der Waals surface area contributed by atoms with Gasteiger partial charge in [0.2, 0.25) is 0 Å². The molecule has 0 heterocycles. The van der Waals surface area contributed by atoms with Crippen LogP contribution in [0.4, 0.5) is 0 Å². The Morgan fingerprint density at radius 2 is 0.667 bits per heavy atom. The van der Waals surface area contributed by atoms with Crippen LogP contribution in [0.15, 0.2) is 85.1 Å². The normalized spacial score (nSPS) is 12.8. The zero-order chi connectivity index (χ0) is 43.7. The summed E-state index contributed by atoms with van der Waals surface area (Å²) in [4.78, 5) is 37.9. The zero-order valence-corrected chi connectivity index (χ0v) is 38.9. The molecule has 0 saturated carbocycles. The highest BCUT2D eigenvalue weighted by Crippen LogP contribution is 2.14. The summed E-state index contributed by atoms with van der Waals surface area (Å²) in [5.41, 5.74) is 0. The van der Waals surface area contributed by atoms with Gasteiger partial charge in [0.05, 0.1) is 0 Å². The highest BCUT2D eigenvalue weighted by Gasteiger charge is 2.19. The fourth-order valence-corrected chi connectivity index (χ4v) is 6.51. The van der Waals surface area contributed by atoms with E-state index in [2.05, 4.69) is 106 Å². The molecule has 6 heteroatoms. The molecule has 0 saturated heterocycles. The molecule has 0 rings (SSSR count). The molecule has 0 aromatic rings. The van der Waals surface area contributed by atoms with Crippen LogP contribution in [0.2, 0.25) is 0 Å². The Morgan fingerprint density at radius 1 is 0.350 bits per heavy atom. The first-order valence-corrected chi connectivity index (χ1v) is 24.6. The summed E-state index contributed by atoms with van der Waals surface area (Å²) in [5.74, 6) is -0.970. The fourth-order valence-electron chi connectivity index (χ4n) is 6.51. The number of hydrogen-bond donors (Lipinski definition) is 0. The van der Waals surface area contributed by atoms with Gasteiger partial charge in [0, 0.05) is 19.3 Å². The van der Waals surface area contributed by atoms with Crippen molar-refractivity contribution >= 4 is 17.9 Å². The lowest BCUT2D eigenvalue weighted by molar-refractivity contribution is -0.167. The van der Waals surface area contributed by atoms with Gasteiger partial charge in [-0.15, -0.1) is 0 Å². The summed E-state index contributed by atoms with van der Waals surface area (Å²) in [5, 5.41) is 0. The van der Waals surface area contributed by atoms with E-state index in [-0.39, 0.29) is 37.5 Å². The van der Waals surface area contributed by atoms with E-state index in [0.29, 0.717) is 19.3 Å². The second-order valence-corrected chi connectivity index (χ2v) is 16.0. The van der Waals surface area contributed by atoms with Crippen LogP contribution in [-0.4, -0.2) is 37.2 Å². The monoisotopic (exact) mass is 835 g/mol. The van der Waals surface area contributed by atoms with Gasteiger partial charge in [0.15, 0.2) is 6.10 Å². The molecule has 1 unspecified atom stereocenters. The summed E-state index contributed by atoms with van der Waals surface area (Å²) in [6.07, 6.45) is 61.4. The van der Waals surface area contributed by atoms with E-state index in [0.717, 1.165) is 96.3 Å². The summed E-state index contributed by atoms with van der Waals surface area (Å²) in [7, 11) is 0. The Kier molecular flexibility index (Phi) is 45.5. The molecule has 0 aromatic carbocycles. The topological polar surface area (TPSA) is 78.9 Å². The molecule has 0 fully saturated rings. The average Bonchev–Trinajstić information content (AvgIpc) is 3.24. The Hall–Kier alpha value is -3.41. The third-order valence-electron chi connectivity index (χ3n) is 10.1. The molecule has 1 atom stereocenters. The first-order valence-electron chi connectivity index (χ1n) is 24.6. The molecular weight excluding hydrogens is 745 g/mol. The van der Waals surface area contributed by atoms with Crippen LogP contribution in [0, 0.1) is 0 Å². The van der Waals surface area contributed by atoms with Crippen molar-refractivity contribution in [2.75, 3.05) is 13.2 Å². The van der Waals surface area contributed by atoms with E-state index < -0.39 is 6.10 Å². The van der Waals surface area contributed by atoms with Crippen LogP contribution < -0.4 is 0 Å². The number of unbranched alkanes of at least 4 members (excludes halogenated alkanes) is 18. The van der Waals surface area contributed by atoms with E-state index in [4.69, 9.17) is 14.2 Å². The Morgan fingerprint density at radius 3 is 1.08 bits per heavy atom. The smallest absolute Gasteiger partial charge is 0.306 e. The molecule has 6 nitrogen and oxygen atoms in total. The lowest BCUT2D eigenvalue weighted by atomic mass is 10.1. The second kappa shape index (κ2) is 48.3. The van der Waals surface area contributed by atoms with Crippen molar-refractivity contribution in [2.45, 2.75) is 226 Å². The van der Waals surface area contributed by atoms with Gasteiger partial charge in [0.1, 0.15) is 13.2 Å². The lowest BCUT2D eigenvalue weighted by Gasteiger charge is -2.18. The molecule has 0 radical (unpaired) electrons. The summed E-state index contributed by atoms with van der Waals surface area (Å²) < 4.78 is 16.7. The molecule has 0 aliphatic carbocycles. The maximum Gasteiger partial charge on any atom is 0.306 e. The molecule has 60 heavy (non-hydrogen) atoms. The van der Waals surface area contributed by atoms with Crippen LogP contribution in [0.3, 0.4) is 0 Å². The van der Waals surface area contributed by atoms with Crippen LogP contribution in [0.1, 0.15) is 220 Å². The zero-order valence-electron chi connectivity index (χ0n) is 38.9. The Labute approximate surface area is 369 Å². The van der Waals surface area contributed by atoms with Crippen molar-refractivity contribution in [3.63, 3.8) is 0 Å². The Bertz CT molecular complexity index is 1190. The Balaban J connectivity index is 4.48. The molecule has 0 aromatic heterocycles. The van der Waals surface area contributed by atoms with Gasteiger partial charge in [-0.3, -0.25) is 14.4 Å². The molecule has 0 amide bonds. The van der Waals surface area contributed by atoms with Crippen molar-refractivity contribution in [3.8, 4) is 0 Å². The van der Waals surface area contributed by atoms with Gasteiger partial charge >= 0.3 is 17.9 Å². The third-order valence-corrected chi connectivity index (χ3v) is 10.1. The van der Waals surface area contributed by atoms with Crippen molar-refractivity contribution in [2.24, 2.45) is 0 Å². The van der Waals surface area contributed by atoms with Crippen LogP contribution >= 0.6 is 0 Å². The van der Waals surface area contributed by atoms with Gasteiger partial charge in [-0.2, -0.15) is 0 Å². The summed E-state index contributed by atoms with van der Waals surface area (Å²) in [6, 6.07) is 0. The average molecular weight is 835 g/mol. The van der Waals surface area contributed by atoms with E-state index in [9.17, 15) is 14.4 Å². The molecule has 0 bridgehead atoms. The van der Waals surface area contributed by atoms with Crippen LogP contribution in [-0.2, 0) is 28.6 Å². The standard InChI is InChI=1S/C54H90O6/c1-4-7-10-13-16-19-22-24-26-27-28-30-32-35-38-41-44-47-53(56)59-50-51(49-58-52(55)46-43-40-37-34-31-21-18-15-12-9-6-3)60-54(57)48-45-42-39-36-33-29-25-23-20-17-14-11-8-5-2/h7-8,10-11,16-17,19-20,24,26,28,30,35,38,51H,4-6,9,12-15,18,21-23,25,27,29,31-34,36-37,39-50H2,1-3H3/b10-7-,11-8-,19-16-,20-17-,26-24-,30-28-,38-35-. The maximum atomic E-state index is 12.8. The number of esters is 3. The minimum Gasteiger partial charge on any atom is -0.462 e. The first kappa shape index (κ1) is 56.6. The van der Waals surface area contributed by atoms with Crippen molar-refractivity contribution in [3.05, 3.63) is 85.1 Å². The minimum absolute atomic E-state index is 0.0967. The summed E-state index contributed by atoms with van der Waals surface area (Å²) >= 11 is 0. The van der Waals surface area contributed by atoms with E-state index in [1.807, 2.05) is 0 Å². The second-order valence-electron chi connectivity index (χ2n) is 16.0. The quantitative estimate of drug-likeness (QED) is 0.0263. The number of ether oxygens (including phenoxy) is 3. The number of hydrogen-bond acceptors (Lipinski definition) is 6. The van der Waals surface area contributed by atoms with Crippen LogP contribution in [0.5, 0.6) is 0 Å². The van der Waals surface area contributed by atoms with E-state index >= 15 is 0 Å². The molecule has 0 aliphatic rings. The largest absolute Gasteiger partial charge is 0.462 e. The lowest BCUT2D eigenvalue weighted by Crippen LogP contribution is -2.30. The predicted octanol–water partition coefficient (Wildman–Crippen LogP) is 16.0. The van der Waals surface area contributed by atoms with Crippen LogP contribution in [0.25, 0.3) is 0 Å². The highest BCUT2D eigenvalue weighted by molar-refractivity contribution is 5.71. The van der Waals surface area contributed by atoms with Gasteiger partial charge in [-0.1, -0.05) is 202 Å². The van der Waals surface area contributed by atoms with Crippen molar-refractivity contribution < 1.29 is 28.6 Å². The summed E-state index contributed by atoms with van der Waals surface area (Å²) in [6.45, 7) is 6.34. The predicted molar refractivity (Wildman–Crippen MR) is 256 cm³/mol. The minimum atomic E-state index is -0.801. The number of rotatable bonds is 43. The number of allylic oxidation sites excluding steroid dienone is 14. The van der Waals surface area contributed by atoms with E-state index in [1.165, 1.54) is 77.0 Å². The van der Waals surface area contributed by atoms with Gasteiger partial charge in [0.25, 0.3) is 0 Å². The third kappa shape index (κ3) is 45.7. The molecular formula is C54H90O6. The van der Waals surface area contributed by atoms with Crippen molar-refractivity contribution in [1.82, 2.24) is 0 Å².